The van der Waals surface area contributed by atoms with E-state index < -0.39 is 0 Å². The fourth-order valence-corrected chi connectivity index (χ4v) is 2.09. The first-order chi connectivity index (χ1) is 8.90. The minimum absolute atomic E-state index is 0. The van der Waals surface area contributed by atoms with Crippen molar-refractivity contribution >= 4 is 24.0 Å². The van der Waals surface area contributed by atoms with E-state index in [1.165, 1.54) is 6.42 Å². The number of amides is 1. The summed E-state index contributed by atoms with van der Waals surface area (Å²) in [6.07, 6.45) is 3.37. The van der Waals surface area contributed by atoms with Crippen LogP contribution in [0.25, 0.3) is 0 Å². The van der Waals surface area contributed by atoms with Crippen molar-refractivity contribution in [3.63, 3.8) is 0 Å². The van der Waals surface area contributed by atoms with Crippen LogP contribution in [0.5, 0.6) is 0 Å². The molecule has 4 heteroatoms. The number of nitrogen functional groups attached to an aromatic ring is 1. The Bertz CT molecular complexity index is 432. The van der Waals surface area contributed by atoms with Gasteiger partial charge in [0.15, 0.2) is 0 Å². The predicted molar refractivity (Wildman–Crippen MR) is 88.5 cm³/mol. The summed E-state index contributed by atoms with van der Waals surface area (Å²) in [4.78, 5) is 12.2. The van der Waals surface area contributed by atoms with Crippen LogP contribution in [0, 0.1) is 12.8 Å². The molecule has 0 saturated carbocycles. The van der Waals surface area contributed by atoms with Crippen LogP contribution in [0.3, 0.4) is 0 Å². The van der Waals surface area contributed by atoms with Crippen LogP contribution in [0.4, 0.5) is 5.69 Å². The number of hydrogen-bond donors (Lipinski definition) is 2. The molecule has 0 aromatic heterocycles. The molecule has 1 unspecified atom stereocenters. The molecule has 1 amide bonds. The number of anilines is 1. The highest BCUT2D eigenvalue weighted by atomic mass is 35.5. The van der Waals surface area contributed by atoms with E-state index in [1.807, 2.05) is 19.1 Å². The van der Waals surface area contributed by atoms with E-state index in [-0.39, 0.29) is 24.4 Å². The normalized spacial score (nSPS) is 11.8. The third kappa shape index (κ3) is 6.29. The first-order valence-electron chi connectivity index (χ1n) is 7.07. The Balaban J connectivity index is 0.00000361. The number of nitrogens with one attached hydrogen (secondary N) is 1. The number of nitrogens with two attached hydrogens (primary N) is 1. The number of hydrogen-bond acceptors (Lipinski definition) is 2. The van der Waals surface area contributed by atoms with Crippen LogP contribution in [-0.2, 0) is 0 Å². The molecule has 0 aliphatic heterocycles. The first kappa shape index (κ1) is 18.8. The van der Waals surface area contributed by atoms with E-state index >= 15 is 0 Å². The maximum absolute atomic E-state index is 12.2. The summed E-state index contributed by atoms with van der Waals surface area (Å²) in [7, 11) is 0. The summed E-state index contributed by atoms with van der Waals surface area (Å²) >= 11 is 0. The van der Waals surface area contributed by atoms with E-state index in [0.29, 0.717) is 11.3 Å². The third-order valence-electron chi connectivity index (χ3n) is 3.30. The lowest BCUT2D eigenvalue weighted by Crippen LogP contribution is -2.33. The SMILES string of the molecule is Cc1ccc(N)cc1C(=O)NC(C)CCCC(C)C.Cl. The molecule has 0 bridgehead atoms. The quantitative estimate of drug-likeness (QED) is 0.782. The van der Waals surface area contributed by atoms with Gasteiger partial charge in [-0.2, -0.15) is 0 Å². The minimum Gasteiger partial charge on any atom is -0.399 e. The number of rotatable bonds is 6. The lowest BCUT2D eigenvalue weighted by Gasteiger charge is -2.15. The summed E-state index contributed by atoms with van der Waals surface area (Å²) in [5, 5.41) is 3.04. The number of carbonyl (C=O) groups excluding carboxylic acids is 1. The number of benzene rings is 1. The number of carbonyl (C=O) groups is 1. The van der Waals surface area contributed by atoms with Crippen molar-refractivity contribution in [3.8, 4) is 0 Å². The van der Waals surface area contributed by atoms with Crippen molar-refractivity contribution in [3.05, 3.63) is 29.3 Å². The second kappa shape index (κ2) is 8.85. The molecule has 0 saturated heterocycles. The van der Waals surface area contributed by atoms with Gasteiger partial charge in [0, 0.05) is 17.3 Å². The molecule has 3 N–H and O–H groups in total. The van der Waals surface area contributed by atoms with Crippen molar-refractivity contribution in [1.29, 1.82) is 0 Å². The van der Waals surface area contributed by atoms with Gasteiger partial charge in [0.2, 0.25) is 0 Å². The largest absolute Gasteiger partial charge is 0.399 e. The Morgan fingerprint density at radius 2 is 1.90 bits per heavy atom. The highest BCUT2D eigenvalue weighted by Gasteiger charge is 2.12. The number of aryl methyl sites for hydroxylation is 1. The minimum atomic E-state index is -0.0261. The van der Waals surface area contributed by atoms with Crippen molar-refractivity contribution in [2.24, 2.45) is 5.92 Å². The summed E-state index contributed by atoms with van der Waals surface area (Å²) in [5.41, 5.74) is 7.99. The molecule has 20 heavy (non-hydrogen) atoms. The first-order valence-corrected chi connectivity index (χ1v) is 7.07. The van der Waals surface area contributed by atoms with Gasteiger partial charge in [0.25, 0.3) is 5.91 Å². The van der Waals surface area contributed by atoms with E-state index in [0.717, 1.165) is 24.3 Å². The molecule has 0 fully saturated rings. The summed E-state index contributed by atoms with van der Waals surface area (Å²) < 4.78 is 0. The lowest BCUT2D eigenvalue weighted by molar-refractivity contribution is 0.0937. The van der Waals surface area contributed by atoms with Crippen LogP contribution in [-0.4, -0.2) is 11.9 Å². The standard InChI is InChI=1S/C16H26N2O.ClH/c1-11(2)6-5-7-13(4)18-16(19)15-10-14(17)9-8-12(15)3;/h8-11,13H,5-7,17H2,1-4H3,(H,18,19);1H. The average molecular weight is 299 g/mol. The summed E-state index contributed by atoms with van der Waals surface area (Å²) in [6, 6.07) is 5.64. The Labute approximate surface area is 128 Å². The second-order valence-corrected chi connectivity index (χ2v) is 5.77. The van der Waals surface area contributed by atoms with Gasteiger partial charge in [-0.15, -0.1) is 12.4 Å². The second-order valence-electron chi connectivity index (χ2n) is 5.77. The monoisotopic (exact) mass is 298 g/mol. The molecule has 0 aliphatic rings. The van der Waals surface area contributed by atoms with E-state index in [9.17, 15) is 4.79 Å². The topological polar surface area (TPSA) is 55.1 Å². The molecule has 0 spiro atoms. The zero-order valence-corrected chi connectivity index (χ0v) is 13.7. The van der Waals surface area contributed by atoms with Gasteiger partial charge in [0.05, 0.1) is 0 Å². The van der Waals surface area contributed by atoms with Crippen molar-refractivity contribution < 1.29 is 4.79 Å². The van der Waals surface area contributed by atoms with Gasteiger partial charge in [0.1, 0.15) is 0 Å². The zero-order valence-electron chi connectivity index (χ0n) is 12.9. The Morgan fingerprint density at radius 3 is 2.50 bits per heavy atom. The smallest absolute Gasteiger partial charge is 0.251 e. The van der Waals surface area contributed by atoms with Crippen LogP contribution >= 0.6 is 12.4 Å². The molecule has 0 radical (unpaired) electrons. The van der Waals surface area contributed by atoms with Gasteiger partial charge in [-0.3, -0.25) is 4.79 Å². The third-order valence-corrected chi connectivity index (χ3v) is 3.30. The Hall–Kier alpha value is -1.22. The molecule has 0 aliphatic carbocycles. The molecule has 1 aromatic rings. The van der Waals surface area contributed by atoms with E-state index in [4.69, 9.17) is 5.73 Å². The molecule has 114 valence electrons. The zero-order chi connectivity index (χ0) is 14.4. The van der Waals surface area contributed by atoms with Crippen LogP contribution in [0.2, 0.25) is 0 Å². The van der Waals surface area contributed by atoms with E-state index in [2.05, 4.69) is 26.1 Å². The van der Waals surface area contributed by atoms with Crippen molar-refractivity contribution in [2.75, 3.05) is 5.73 Å². The maximum Gasteiger partial charge on any atom is 0.251 e. The molecule has 1 atom stereocenters. The van der Waals surface area contributed by atoms with Crippen molar-refractivity contribution in [2.45, 2.75) is 53.0 Å². The van der Waals surface area contributed by atoms with E-state index in [1.54, 1.807) is 6.07 Å². The fraction of sp³-hybridized carbons (Fsp3) is 0.562. The van der Waals surface area contributed by atoms with Crippen LogP contribution in [0.1, 0.15) is 56.0 Å². The van der Waals surface area contributed by atoms with Crippen LogP contribution in [0.15, 0.2) is 18.2 Å². The molecule has 0 heterocycles. The van der Waals surface area contributed by atoms with Gasteiger partial charge in [-0.25, -0.2) is 0 Å². The Morgan fingerprint density at radius 1 is 1.25 bits per heavy atom. The molecule has 3 nitrogen and oxygen atoms in total. The highest BCUT2D eigenvalue weighted by Crippen LogP contribution is 2.13. The van der Waals surface area contributed by atoms with Crippen molar-refractivity contribution in [1.82, 2.24) is 5.32 Å². The summed E-state index contributed by atoms with van der Waals surface area (Å²) in [5.74, 6) is 0.695. The molecular weight excluding hydrogens is 272 g/mol. The fourth-order valence-electron chi connectivity index (χ4n) is 2.09. The average Bonchev–Trinajstić information content (AvgIpc) is 2.31. The molecular formula is C16H27ClN2O. The maximum atomic E-state index is 12.2. The van der Waals surface area contributed by atoms with Gasteiger partial charge in [-0.05, 0) is 43.9 Å². The van der Waals surface area contributed by atoms with Gasteiger partial charge < -0.3 is 11.1 Å². The predicted octanol–water partition coefficient (Wildman–Crippen LogP) is 3.94. The molecule has 1 rings (SSSR count). The Kier molecular flexibility index (Phi) is 8.31. The van der Waals surface area contributed by atoms with Gasteiger partial charge in [-0.1, -0.05) is 32.8 Å². The lowest BCUT2D eigenvalue weighted by atomic mass is 10.0. The van der Waals surface area contributed by atoms with Gasteiger partial charge >= 0.3 is 0 Å². The number of halogens is 1. The van der Waals surface area contributed by atoms with Crippen LogP contribution < -0.4 is 11.1 Å². The highest BCUT2D eigenvalue weighted by molar-refractivity contribution is 5.96. The molecule has 1 aromatic carbocycles. The summed E-state index contributed by atoms with van der Waals surface area (Å²) in [6.45, 7) is 8.43.